The lowest BCUT2D eigenvalue weighted by Crippen LogP contribution is -2.31. The quantitative estimate of drug-likeness (QED) is 0.877. The Kier molecular flexibility index (Phi) is 5.08. The molecule has 0 saturated carbocycles. The van der Waals surface area contributed by atoms with Crippen LogP contribution in [-0.2, 0) is 6.54 Å². The fourth-order valence-electron chi connectivity index (χ4n) is 2.15. The summed E-state index contributed by atoms with van der Waals surface area (Å²) in [4.78, 5) is 12.5. The van der Waals surface area contributed by atoms with Crippen molar-refractivity contribution in [2.24, 2.45) is 5.73 Å². The van der Waals surface area contributed by atoms with Gasteiger partial charge in [0.2, 0.25) is 0 Å². The number of para-hydroxylation sites is 1. The molecule has 0 aliphatic rings. The molecule has 22 heavy (non-hydrogen) atoms. The predicted molar refractivity (Wildman–Crippen MR) is 91.2 cm³/mol. The van der Waals surface area contributed by atoms with Gasteiger partial charge in [0.1, 0.15) is 11.5 Å². The summed E-state index contributed by atoms with van der Waals surface area (Å²) < 4.78 is 6.86. The van der Waals surface area contributed by atoms with E-state index in [0.717, 1.165) is 32.7 Å². The fourth-order valence-corrected chi connectivity index (χ4v) is 2.65. The molecule has 0 saturated heterocycles. The molecule has 2 aromatic carbocycles. The Morgan fingerprint density at radius 1 is 1.23 bits per heavy atom. The molecule has 2 amide bonds. The molecule has 0 heterocycles. The van der Waals surface area contributed by atoms with E-state index in [1.165, 1.54) is 4.90 Å². The largest absolute Gasteiger partial charge is 0.456 e. The molecular weight excluding hydrogens is 344 g/mol. The van der Waals surface area contributed by atoms with E-state index in [4.69, 9.17) is 10.5 Å². The number of hydrogen-bond donors (Lipinski definition) is 1. The summed E-state index contributed by atoms with van der Waals surface area (Å²) in [5, 5.41) is 0. The van der Waals surface area contributed by atoms with Gasteiger partial charge in [0.05, 0.1) is 4.47 Å². The molecule has 0 bridgehead atoms. The summed E-state index contributed by atoms with van der Waals surface area (Å²) >= 11 is 3.52. The van der Waals surface area contributed by atoms with Crippen LogP contribution in [0.5, 0.6) is 11.5 Å². The minimum atomic E-state index is -0.452. The first-order chi connectivity index (χ1) is 10.4. The summed E-state index contributed by atoms with van der Waals surface area (Å²) in [7, 11) is 1.66. The van der Waals surface area contributed by atoms with Crippen LogP contribution in [-0.4, -0.2) is 18.0 Å². The number of aryl methyl sites for hydroxylation is 2. The number of nitrogens with two attached hydrogens (primary N) is 1. The van der Waals surface area contributed by atoms with Gasteiger partial charge in [0.15, 0.2) is 0 Å². The highest BCUT2D eigenvalue weighted by molar-refractivity contribution is 9.10. The van der Waals surface area contributed by atoms with E-state index < -0.39 is 6.03 Å². The Morgan fingerprint density at radius 3 is 2.41 bits per heavy atom. The summed E-state index contributed by atoms with van der Waals surface area (Å²) in [5.74, 6) is 1.60. The monoisotopic (exact) mass is 362 g/mol. The van der Waals surface area contributed by atoms with Crippen LogP contribution in [0.1, 0.15) is 16.7 Å². The third-order valence-corrected chi connectivity index (χ3v) is 4.03. The Labute approximate surface area is 139 Å². The van der Waals surface area contributed by atoms with Gasteiger partial charge in [-0.1, -0.05) is 24.3 Å². The highest BCUT2D eigenvalue weighted by Gasteiger charge is 2.10. The van der Waals surface area contributed by atoms with Crippen molar-refractivity contribution in [1.29, 1.82) is 0 Å². The molecule has 116 valence electrons. The molecule has 0 unspecified atom stereocenters. The standard InChI is InChI=1S/C17H19BrN2O2/c1-11-5-4-6-12(2)16(11)22-15-8-7-13(9-14(15)18)10-20(3)17(19)21/h4-9H,10H2,1-3H3,(H2,19,21). The van der Waals surface area contributed by atoms with Crippen LogP contribution in [0.25, 0.3) is 0 Å². The van der Waals surface area contributed by atoms with Crippen LogP contribution in [0.15, 0.2) is 40.9 Å². The maximum atomic E-state index is 11.1. The lowest BCUT2D eigenvalue weighted by atomic mass is 10.1. The second-order valence-corrected chi connectivity index (χ2v) is 6.14. The normalized spacial score (nSPS) is 10.4. The zero-order valence-electron chi connectivity index (χ0n) is 12.9. The van der Waals surface area contributed by atoms with Crippen LogP contribution in [0.2, 0.25) is 0 Å². The zero-order valence-corrected chi connectivity index (χ0v) is 14.5. The fraction of sp³-hybridized carbons (Fsp3) is 0.235. The lowest BCUT2D eigenvalue weighted by Gasteiger charge is -2.16. The molecule has 0 radical (unpaired) electrons. The molecule has 0 spiro atoms. The number of carbonyl (C=O) groups is 1. The summed E-state index contributed by atoms with van der Waals surface area (Å²) in [5.41, 5.74) is 8.39. The Hall–Kier alpha value is -2.01. The second-order valence-electron chi connectivity index (χ2n) is 5.28. The molecule has 2 aromatic rings. The van der Waals surface area contributed by atoms with Crippen molar-refractivity contribution in [2.75, 3.05) is 7.05 Å². The molecule has 0 aliphatic carbocycles. The van der Waals surface area contributed by atoms with Gasteiger partial charge in [-0.3, -0.25) is 0 Å². The number of hydrogen-bond acceptors (Lipinski definition) is 2. The third kappa shape index (κ3) is 3.80. The Morgan fingerprint density at radius 2 is 1.86 bits per heavy atom. The molecule has 0 fully saturated rings. The van der Waals surface area contributed by atoms with E-state index in [1.807, 2.05) is 50.2 Å². The third-order valence-electron chi connectivity index (χ3n) is 3.41. The number of ether oxygens (including phenoxy) is 1. The van der Waals surface area contributed by atoms with Crippen LogP contribution in [0.4, 0.5) is 4.79 Å². The van der Waals surface area contributed by atoms with Crippen molar-refractivity contribution in [3.05, 3.63) is 57.6 Å². The number of primary amides is 1. The van der Waals surface area contributed by atoms with Crippen molar-refractivity contribution in [3.63, 3.8) is 0 Å². The van der Waals surface area contributed by atoms with Crippen molar-refractivity contribution in [2.45, 2.75) is 20.4 Å². The molecule has 2 rings (SSSR count). The van der Waals surface area contributed by atoms with Crippen molar-refractivity contribution < 1.29 is 9.53 Å². The smallest absolute Gasteiger partial charge is 0.314 e. The minimum Gasteiger partial charge on any atom is -0.456 e. The topological polar surface area (TPSA) is 55.6 Å². The Balaban J connectivity index is 2.22. The summed E-state index contributed by atoms with van der Waals surface area (Å²) in [6, 6.07) is 11.3. The van der Waals surface area contributed by atoms with Crippen LogP contribution < -0.4 is 10.5 Å². The number of halogens is 1. The molecule has 0 atom stereocenters. The Bertz CT molecular complexity index is 681. The first-order valence-electron chi connectivity index (χ1n) is 6.91. The van der Waals surface area contributed by atoms with Crippen molar-refractivity contribution in [3.8, 4) is 11.5 Å². The molecular formula is C17H19BrN2O2. The highest BCUT2D eigenvalue weighted by atomic mass is 79.9. The molecule has 4 nitrogen and oxygen atoms in total. The zero-order chi connectivity index (χ0) is 16.3. The maximum absolute atomic E-state index is 11.1. The van der Waals surface area contributed by atoms with E-state index >= 15 is 0 Å². The second kappa shape index (κ2) is 6.83. The van der Waals surface area contributed by atoms with Gasteiger partial charge in [-0.15, -0.1) is 0 Å². The predicted octanol–water partition coefficient (Wildman–Crippen LogP) is 4.37. The van der Waals surface area contributed by atoms with Gasteiger partial charge < -0.3 is 15.4 Å². The number of urea groups is 1. The van der Waals surface area contributed by atoms with Crippen LogP contribution >= 0.6 is 15.9 Å². The van der Waals surface area contributed by atoms with Crippen molar-refractivity contribution in [1.82, 2.24) is 4.90 Å². The summed E-state index contributed by atoms with van der Waals surface area (Å²) in [6.45, 7) is 4.50. The maximum Gasteiger partial charge on any atom is 0.314 e. The number of benzene rings is 2. The van der Waals surface area contributed by atoms with Crippen molar-refractivity contribution >= 4 is 22.0 Å². The molecule has 0 aromatic heterocycles. The van der Waals surface area contributed by atoms with E-state index in [9.17, 15) is 4.79 Å². The van der Waals surface area contributed by atoms with Gasteiger partial charge >= 0.3 is 6.03 Å². The summed E-state index contributed by atoms with van der Waals surface area (Å²) in [6.07, 6.45) is 0. The lowest BCUT2D eigenvalue weighted by molar-refractivity contribution is 0.216. The minimum absolute atomic E-state index is 0.452. The molecule has 2 N–H and O–H groups in total. The van der Waals surface area contributed by atoms with Gasteiger partial charge in [-0.25, -0.2) is 4.79 Å². The van der Waals surface area contributed by atoms with E-state index in [-0.39, 0.29) is 0 Å². The van der Waals surface area contributed by atoms with Gasteiger partial charge in [0.25, 0.3) is 0 Å². The van der Waals surface area contributed by atoms with E-state index in [2.05, 4.69) is 15.9 Å². The average molecular weight is 363 g/mol. The van der Waals surface area contributed by atoms with E-state index in [1.54, 1.807) is 7.05 Å². The van der Waals surface area contributed by atoms with Gasteiger partial charge in [-0.2, -0.15) is 0 Å². The van der Waals surface area contributed by atoms with E-state index in [0.29, 0.717) is 6.54 Å². The number of rotatable bonds is 4. The van der Waals surface area contributed by atoms with Gasteiger partial charge in [0, 0.05) is 13.6 Å². The number of carbonyl (C=O) groups excluding carboxylic acids is 1. The SMILES string of the molecule is Cc1cccc(C)c1Oc1ccc(CN(C)C(N)=O)cc1Br. The number of amides is 2. The van der Waals surface area contributed by atoms with Gasteiger partial charge in [-0.05, 0) is 58.6 Å². The first-order valence-corrected chi connectivity index (χ1v) is 7.71. The highest BCUT2D eigenvalue weighted by Crippen LogP contribution is 2.34. The average Bonchev–Trinajstić information content (AvgIpc) is 2.45. The number of nitrogens with zero attached hydrogens (tertiary/aromatic N) is 1. The molecule has 0 aliphatic heterocycles. The molecule has 5 heteroatoms. The van der Waals surface area contributed by atoms with Crippen LogP contribution in [0.3, 0.4) is 0 Å². The first kappa shape index (κ1) is 16.4. The van der Waals surface area contributed by atoms with Crippen LogP contribution in [0, 0.1) is 13.8 Å².